The smallest absolute Gasteiger partial charge is 0.234 e. The van der Waals surface area contributed by atoms with Crippen LogP contribution in [0.2, 0.25) is 0 Å². The molecule has 2 amide bonds. The SMILES string of the molecule is CC(=O)C(C)C.CN1CCCCC1.O=C1CCC(c2ccccc2)C(=O)N1. The second kappa shape index (κ2) is 12.4. The summed E-state index contributed by atoms with van der Waals surface area (Å²) in [5.41, 5.74) is 0.984. The molecule has 2 aliphatic heterocycles. The number of Topliss-reactive ketones (excluding diaryl/α,β-unsaturated/α-hetero) is 1. The maximum Gasteiger partial charge on any atom is 0.234 e. The average Bonchev–Trinajstić information content (AvgIpc) is 2.64. The molecule has 0 saturated carbocycles. The standard InChI is InChI=1S/C11H11NO2.C6H13N.C5H10O/c13-10-7-6-9(11(14)12-10)8-4-2-1-3-5-8;1-7-5-3-2-4-6-7;1-4(2)5(3)6/h1-5,9H,6-7H2,(H,12,13,14);2-6H2,1H3;4H,1-3H3. The van der Waals surface area contributed by atoms with E-state index in [1.165, 1.54) is 32.4 Å². The first-order valence-corrected chi connectivity index (χ1v) is 9.89. The van der Waals surface area contributed by atoms with E-state index in [-0.39, 0.29) is 29.4 Å². The number of carbonyl (C=O) groups is 3. The number of amides is 2. The van der Waals surface area contributed by atoms with Crippen LogP contribution in [0.1, 0.15) is 64.4 Å². The van der Waals surface area contributed by atoms with Gasteiger partial charge in [0.1, 0.15) is 5.78 Å². The van der Waals surface area contributed by atoms with Crippen LogP contribution in [0.25, 0.3) is 0 Å². The van der Waals surface area contributed by atoms with Gasteiger partial charge in [0.05, 0.1) is 5.92 Å². The second-order valence-corrected chi connectivity index (χ2v) is 7.54. The summed E-state index contributed by atoms with van der Waals surface area (Å²) in [4.78, 5) is 34.9. The molecule has 5 nitrogen and oxygen atoms in total. The minimum atomic E-state index is -0.174. The molecule has 0 aromatic heterocycles. The highest BCUT2D eigenvalue weighted by Crippen LogP contribution is 2.23. The Hall–Kier alpha value is -2.01. The molecule has 0 spiro atoms. The molecule has 150 valence electrons. The fourth-order valence-electron chi connectivity index (χ4n) is 2.75. The van der Waals surface area contributed by atoms with Crippen molar-refractivity contribution in [1.29, 1.82) is 0 Å². The lowest BCUT2D eigenvalue weighted by atomic mass is 9.91. The van der Waals surface area contributed by atoms with E-state index < -0.39 is 0 Å². The maximum absolute atomic E-state index is 11.5. The molecule has 0 radical (unpaired) electrons. The van der Waals surface area contributed by atoms with Crippen molar-refractivity contribution < 1.29 is 14.4 Å². The van der Waals surface area contributed by atoms with E-state index in [2.05, 4.69) is 17.3 Å². The number of benzene rings is 1. The van der Waals surface area contributed by atoms with Crippen molar-refractivity contribution in [3.63, 3.8) is 0 Å². The fourth-order valence-corrected chi connectivity index (χ4v) is 2.75. The van der Waals surface area contributed by atoms with Crippen molar-refractivity contribution in [3.05, 3.63) is 35.9 Å². The molecular weight excluding hydrogens is 340 g/mol. The number of hydrogen-bond acceptors (Lipinski definition) is 4. The number of nitrogens with zero attached hydrogens (tertiary/aromatic N) is 1. The van der Waals surface area contributed by atoms with Gasteiger partial charge < -0.3 is 4.90 Å². The third kappa shape index (κ3) is 9.48. The van der Waals surface area contributed by atoms with Crippen LogP contribution in [0.4, 0.5) is 0 Å². The number of nitrogens with one attached hydrogen (secondary N) is 1. The van der Waals surface area contributed by atoms with E-state index in [4.69, 9.17) is 0 Å². The van der Waals surface area contributed by atoms with E-state index in [0.717, 1.165) is 5.56 Å². The van der Waals surface area contributed by atoms with Crippen LogP contribution < -0.4 is 5.32 Å². The van der Waals surface area contributed by atoms with Gasteiger partial charge in [-0.1, -0.05) is 50.6 Å². The van der Waals surface area contributed by atoms with E-state index in [1.807, 2.05) is 44.2 Å². The number of piperidine rings is 2. The number of hydrogen-bond donors (Lipinski definition) is 1. The molecule has 2 heterocycles. The van der Waals surface area contributed by atoms with Gasteiger partial charge in [-0.05, 0) is 51.9 Å². The van der Waals surface area contributed by atoms with Crippen molar-refractivity contribution >= 4 is 17.6 Å². The number of likely N-dealkylation sites (tertiary alicyclic amines) is 1. The summed E-state index contributed by atoms with van der Waals surface area (Å²) < 4.78 is 0. The van der Waals surface area contributed by atoms with Crippen molar-refractivity contribution in [2.45, 2.75) is 58.8 Å². The van der Waals surface area contributed by atoms with Gasteiger partial charge in [0, 0.05) is 12.3 Å². The highest BCUT2D eigenvalue weighted by Gasteiger charge is 2.27. The molecule has 0 aliphatic carbocycles. The largest absolute Gasteiger partial charge is 0.306 e. The Morgan fingerprint density at radius 3 is 2.04 bits per heavy atom. The van der Waals surface area contributed by atoms with Crippen LogP contribution in [0, 0.1) is 5.92 Å². The van der Waals surface area contributed by atoms with Gasteiger partial charge in [-0.3, -0.25) is 19.7 Å². The van der Waals surface area contributed by atoms with Crippen molar-refractivity contribution in [3.8, 4) is 0 Å². The van der Waals surface area contributed by atoms with Crippen LogP contribution in [0.15, 0.2) is 30.3 Å². The monoisotopic (exact) mass is 374 g/mol. The Bertz CT molecular complexity index is 593. The number of rotatable bonds is 2. The molecule has 2 aliphatic rings. The van der Waals surface area contributed by atoms with Crippen molar-refractivity contribution in [2.24, 2.45) is 5.92 Å². The molecular formula is C22H34N2O3. The van der Waals surface area contributed by atoms with Gasteiger partial charge in [0.2, 0.25) is 11.8 Å². The first-order chi connectivity index (χ1) is 12.8. The highest BCUT2D eigenvalue weighted by molar-refractivity contribution is 6.00. The Kier molecular flexibility index (Phi) is 10.6. The lowest BCUT2D eigenvalue weighted by Gasteiger charge is -2.20. The molecule has 27 heavy (non-hydrogen) atoms. The first-order valence-electron chi connectivity index (χ1n) is 9.89. The van der Waals surface area contributed by atoms with Crippen LogP contribution in [-0.2, 0) is 14.4 Å². The molecule has 1 N–H and O–H groups in total. The van der Waals surface area contributed by atoms with Crippen LogP contribution >= 0.6 is 0 Å². The molecule has 1 unspecified atom stereocenters. The van der Waals surface area contributed by atoms with E-state index in [1.54, 1.807) is 6.92 Å². The van der Waals surface area contributed by atoms with Gasteiger partial charge in [-0.25, -0.2) is 0 Å². The molecule has 5 heteroatoms. The van der Waals surface area contributed by atoms with Crippen molar-refractivity contribution in [2.75, 3.05) is 20.1 Å². The van der Waals surface area contributed by atoms with Crippen LogP contribution in [0.3, 0.4) is 0 Å². The zero-order valence-electron chi connectivity index (χ0n) is 17.2. The highest BCUT2D eigenvalue weighted by atomic mass is 16.2. The minimum absolute atomic E-state index is 0.158. The predicted octanol–water partition coefficient (Wildman–Crippen LogP) is 3.54. The number of ketones is 1. The summed E-state index contributed by atoms with van der Waals surface area (Å²) in [7, 11) is 2.19. The van der Waals surface area contributed by atoms with Crippen LogP contribution in [0.5, 0.6) is 0 Å². The Morgan fingerprint density at radius 1 is 1.07 bits per heavy atom. The normalized spacial score (nSPS) is 20.0. The Labute approximate surface area is 163 Å². The molecule has 2 saturated heterocycles. The number of imide groups is 1. The van der Waals surface area contributed by atoms with Gasteiger partial charge in [-0.2, -0.15) is 0 Å². The summed E-state index contributed by atoms with van der Waals surface area (Å²) in [5, 5.41) is 2.35. The summed E-state index contributed by atoms with van der Waals surface area (Å²) in [6.45, 7) is 8.02. The maximum atomic E-state index is 11.5. The molecule has 1 atom stereocenters. The molecule has 2 fully saturated rings. The van der Waals surface area contributed by atoms with Gasteiger partial charge in [-0.15, -0.1) is 0 Å². The van der Waals surface area contributed by atoms with Gasteiger partial charge >= 0.3 is 0 Å². The zero-order chi connectivity index (χ0) is 20.2. The predicted molar refractivity (Wildman–Crippen MR) is 108 cm³/mol. The minimum Gasteiger partial charge on any atom is -0.306 e. The van der Waals surface area contributed by atoms with Crippen LogP contribution in [-0.4, -0.2) is 42.6 Å². The summed E-state index contributed by atoms with van der Waals surface area (Å²) >= 11 is 0. The number of carbonyl (C=O) groups excluding carboxylic acids is 3. The third-order valence-corrected chi connectivity index (χ3v) is 4.83. The van der Waals surface area contributed by atoms with Gasteiger partial charge in [0.15, 0.2) is 0 Å². The average molecular weight is 375 g/mol. The molecule has 0 bridgehead atoms. The molecule has 1 aromatic carbocycles. The lowest BCUT2D eigenvalue weighted by Crippen LogP contribution is -2.39. The summed E-state index contributed by atoms with van der Waals surface area (Å²) in [6.07, 6.45) is 5.33. The Balaban J connectivity index is 0.000000235. The molecule has 1 aromatic rings. The zero-order valence-corrected chi connectivity index (χ0v) is 17.2. The van der Waals surface area contributed by atoms with Crippen molar-refractivity contribution in [1.82, 2.24) is 10.2 Å². The van der Waals surface area contributed by atoms with E-state index >= 15 is 0 Å². The van der Waals surface area contributed by atoms with E-state index in [9.17, 15) is 14.4 Å². The summed E-state index contributed by atoms with van der Waals surface area (Å²) in [5.74, 6) is -0.0245. The second-order valence-electron chi connectivity index (χ2n) is 7.54. The topological polar surface area (TPSA) is 66.5 Å². The lowest BCUT2D eigenvalue weighted by molar-refractivity contribution is -0.134. The fraction of sp³-hybridized carbons (Fsp3) is 0.591. The Morgan fingerprint density at radius 2 is 1.63 bits per heavy atom. The first kappa shape index (κ1) is 23.0. The summed E-state index contributed by atoms with van der Waals surface area (Å²) in [6, 6.07) is 9.55. The third-order valence-electron chi connectivity index (χ3n) is 4.83. The molecule has 3 rings (SSSR count). The quantitative estimate of drug-likeness (QED) is 0.804. The van der Waals surface area contributed by atoms with Gasteiger partial charge in [0.25, 0.3) is 0 Å². The van der Waals surface area contributed by atoms with E-state index in [0.29, 0.717) is 12.8 Å².